The molecule has 0 bridgehead atoms. The second kappa shape index (κ2) is 5.60. The first-order chi connectivity index (χ1) is 8.20. The highest BCUT2D eigenvalue weighted by atomic mass is 32.1. The molecule has 1 aliphatic rings. The summed E-state index contributed by atoms with van der Waals surface area (Å²) < 4.78 is 0. The molecule has 0 aromatic carbocycles. The molecule has 2 rings (SSSR count). The summed E-state index contributed by atoms with van der Waals surface area (Å²) in [6, 6.07) is -0.101. The minimum atomic E-state index is -0.198. The van der Waals surface area contributed by atoms with Crippen LogP contribution in [0.15, 0.2) is 5.38 Å². The number of nitrogens with two attached hydrogens (primary N) is 1. The van der Waals surface area contributed by atoms with Crippen LogP contribution in [-0.4, -0.2) is 28.4 Å². The molecule has 2 heterocycles. The molecule has 17 heavy (non-hydrogen) atoms. The Morgan fingerprint density at radius 3 is 3.12 bits per heavy atom. The monoisotopic (exact) mass is 253 g/mol. The lowest BCUT2D eigenvalue weighted by atomic mass is 10.0. The van der Waals surface area contributed by atoms with Crippen LogP contribution in [0.2, 0.25) is 0 Å². The van der Waals surface area contributed by atoms with Crippen LogP contribution in [0, 0.1) is 0 Å². The first-order valence-electron chi connectivity index (χ1n) is 6.17. The van der Waals surface area contributed by atoms with E-state index in [-0.39, 0.29) is 11.9 Å². The Morgan fingerprint density at radius 2 is 2.47 bits per heavy atom. The van der Waals surface area contributed by atoms with Gasteiger partial charge in [0.2, 0.25) is 5.91 Å². The topological polar surface area (TPSA) is 59.2 Å². The molecule has 4 nitrogen and oxygen atoms in total. The van der Waals surface area contributed by atoms with Crippen molar-refractivity contribution in [2.45, 2.75) is 45.2 Å². The number of nitrogens with zero attached hydrogens (tertiary/aromatic N) is 2. The van der Waals surface area contributed by atoms with Gasteiger partial charge < -0.3 is 5.73 Å². The van der Waals surface area contributed by atoms with Crippen molar-refractivity contribution in [3.8, 4) is 0 Å². The number of hydrogen-bond donors (Lipinski definition) is 1. The SMILES string of the molecule is CCc1nc(CN2CCCC[C@@H]2C(N)=O)cs1. The molecule has 0 saturated carbocycles. The maximum Gasteiger partial charge on any atom is 0.234 e. The zero-order valence-corrected chi connectivity index (χ0v) is 11.0. The molecular formula is C12H19N3OS. The Balaban J connectivity index is 2.02. The van der Waals surface area contributed by atoms with E-state index in [2.05, 4.69) is 22.2 Å². The average molecular weight is 253 g/mol. The van der Waals surface area contributed by atoms with Gasteiger partial charge in [-0.05, 0) is 25.8 Å². The van der Waals surface area contributed by atoms with E-state index in [0.717, 1.165) is 49.5 Å². The zero-order chi connectivity index (χ0) is 12.3. The first kappa shape index (κ1) is 12.5. The van der Waals surface area contributed by atoms with Gasteiger partial charge in [-0.3, -0.25) is 9.69 Å². The Bertz CT molecular complexity index is 391. The highest BCUT2D eigenvalue weighted by molar-refractivity contribution is 7.09. The number of carbonyl (C=O) groups excluding carboxylic acids is 1. The average Bonchev–Trinajstić information content (AvgIpc) is 2.77. The lowest BCUT2D eigenvalue weighted by molar-refractivity contribution is -0.124. The quantitative estimate of drug-likeness (QED) is 0.885. The van der Waals surface area contributed by atoms with Gasteiger partial charge in [-0.15, -0.1) is 11.3 Å². The van der Waals surface area contributed by atoms with Crippen LogP contribution in [0.4, 0.5) is 0 Å². The van der Waals surface area contributed by atoms with E-state index in [9.17, 15) is 4.79 Å². The van der Waals surface area contributed by atoms with Gasteiger partial charge in [0.1, 0.15) is 0 Å². The third-order valence-corrected chi connectivity index (χ3v) is 4.25. The second-order valence-electron chi connectivity index (χ2n) is 4.47. The predicted molar refractivity (Wildman–Crippen MR) is 68.7 cm³/mol. The molecule has 1 fully saturated rings. The number of hydrogen-bond acceptors (Lipinski definition) is 4. The van der Waals surface area contributed by atoms with Crippen molar-refractivity contribution in [3.63, 3.8) is 0 Å². The molecule has 0 radical (unpaired) electrons. The molecule has 1 aliphatic heterocycles. The second-order valence-corrected chi connectivity index (χ2v) is 5.41. The largest absolute Gasteiger partial charge is 0.368 e. The van der Waals surface area contributed by atoms with Gasteiger partial charge in [0.15, 0.2) is 0 Å². The predicted octanol–water partition coefficient (Wildman–Crippen LogP) is 1.55. The molecule has 1 atom stereocenters. The third kappa shape index (κ3) is 3.04. The molecular weight excluding hydrogens is 234 g/mol. The maximum atomic E-state index is 11.4. The van der Waals surface area contributed by atoms with E-state index in [1.165, 1.54) is 0 Å². The van der Waals surface area contributed by atoms with E-state index in [0.29, 0.717) is 0 Å². The van der Waals surface area contributed by atoms with Crippen LogP contribution in [0.1, 0.15) is 36.9 Å². The highest BCUT2D eigenvalue weighted by Gasteiger charge is 2.27. The van der Waals surface area contributed by atoms with Crippen LogP contribution in [0.5, 0.6) is 0 Å². The molecule has 0 unspecified atom stereocenters. The van der Waals surface area contributed by atoms with E-state index in [4.69, 9.17) is 5.73 Å². The van der Waals surface area contributed by atoms with E-state index >= 15 is 0 Å². The van der Waals surface area contributed by atoms with Gasteiger partial charge in [-0.2, -0.15) is 0 Å². The standard InChI is InChI=1S/C12H19N3OS/c1-2-11-14-9(8-17-11)7-15-6-4-3-5-10(15)12(13)16/h8,10H,2-7H2,1H3,(H2,13,16)/t10-/m1/s1. The smallest absolute Gasteiger partial charge is 0.234 e. The minimum absolute atomic E-state index is 0.101. The number of rotatable bonds is 4. The summed E-state index contributed by atoms with van der Waals surface area (Å²) in [5, 5.41) is 3.25. The molecule has 0 spiro atoms. The first-order valence-corrected chi connectivity index (χ1v) is 7.05. The van der Waals surface area contributed by atoms with Crippen molar-refractivity contribution < 1.29 is 4.79 Å². The van der Waals surface area contributed by atoms with Crippen LogP contribution < -0.4 is 5.73 Å². The summed E-state index contributed by atoms with van der Waals surface area (Å²) in [4.78, 5) is 18.1. The highest BCUT2D eigenvalue weighted by Crippen LogP contribution is 2.20. The Labute approximate surface area is 106 Å². The zero-order valence-electron chi connectivity index (χ0n) is 10.2. The lowest BCUT2D eigenvalue weighted by Crippen LogP contribution is -2.47. The Hall–Kier alpha value is -0.940. The number of carbonyl (C=O) groups is 1. The van der Waals surface area contributed by atoms with E-state index in [1.54, 1.807) is 11.3 Å². The third-order valence-electron chi connectivity index (χ3n) is 3.21. The summed E-state index contributed by atoms with van der Waals surface area (Å²) >= 11 is 1.69. The summed E-state index contributed by atoms with van der Waals surface area (Å²) in [7, 11) is 0. The summed E-state index contributed by atoms with van der Waals surface area (Å²) in [5.74, 6) is -0.198. The fourth-order valence-electron chi connectivity index (χ4n) is 2.29. The molecule has 1 saturated heterocycles. The molecule has 1 aromatic rings. The van der Waals surface area contributed by atoms with Gasteiger partial charge in [0.25, 0.3) is 0 Å². The van der Waals surface area contributed by atoms with Crippen molar-refractivity contribution in [1.82, 2.24) is 9.88 Å². The summed E-state index contributed by atoms with van der Waals surface area (Å²) in [5.41, 5.74) is 6.51. The fourth-order valence-corrected chi connectivity index (χ4v) is 3.03. The summed E-state index contributed by atoms with van der Waals surface area (Å²) in [6.07, 6.45) is 4.11. The Kier molecular flexibility index (Phi) is 4.12. The summed E-state index contributed by atoms with van der Waals surface area (Å²) in [6.45, 7) is 3.81. The van der Waals surface area contributed by atoms with Gasteiger partial charge in [-0.1, -0.05) is 13.3 Å². The molecule has 1 aromatic heterocycles. The van der Waals surface area contributed by atoms with Crippen LogP contribution in [-0.2, 0) is 17.8 Å². The van der Waals surface area contributed by atoms with Crippen molar-refractivity contribution >= 4 is 17.2 Å². The van der Waals surface area contributed by atoms with Gasteiger partial charge in [0, 0.05) is 11.9 Å². The minimum Gasteiger partial charge on any atom is -0.368 e. The van der Waals surface area contributed by atoms with Gasteiger partial charge >= 0.3 is 0 Å². The maximum absolute atomic E-state index is 11.4. The molecule has 5 heteroatoms. The van der Waals surface area contributed by atoms with E-state index < -0.39 is 0 Å². The molecule has 2 N–H and O–H groups in total. The van der Waals surface area contributed by atoms with Crippen LogP contribution in [0.25, 0.3) is 0 Å². The molecule has 94 valence electrons. The van der Waals surface area contributed by atoms with Crippen molar-refractivity contribution in [3.05, 3.63) is 16.1 Å². The van der Waals surface area contributed by atoms with Gasteiger partial charge in [0.05, 0.1) is 16.7 Å². The normalized spacial score (nSPS) is 21.6. The number of likely N-dealkylation sites (tertiary alicyclic amines) is 1. The lowest BCUT2D eigenvalue weighted by Gasteiger charge is -2.32. The van der Waals surface area contributed by atoms with Crippen molar-refractivity contribution in [2.24, 2.45) is 5.73 Å². The Morgan fingerprint density at radius 1 is 1.65 bits per heavy atom. The number of aryl methyl sites for hydroxylation is 1. The van der Waals surface area contributed by atoms with Crippen molar-refractivity contribution in [1.29, 1.82) is 0 Å². The number of amides is 1. The number of piperidine rings is 1. The molecule has 1 amide bonds. The fraction of sp³-hybridized carbons (Fsp3) is 0.667. The van der Waals surface area contributed by atoms with E-state index in [1.807, 2.05) is 0 Å². The van der Waals surface area contributed by atoms with Crippen molar-refractivity contribution in [2.75, 3.05) is 6.54 Å². The van der Waals surface area contributed by atoms with Gasteiger partial charge in [-0.25, -0.2) is 4.98 Å². The molecule has 0 aliphatic carbocycles. The number of aromatic nitrogens is 1. The number of thiazole rings is 1. The van der Waals surface area contributed by atoms with Crippen LogP contribution in [0.3, 0.4) is 0 Å². The number of primary amides is 1. The van der Waals surface area contributed by atoms with Crippen LogP contribution >= 0.6 is 11.3 Å².